The van der Waals surface area contributed by atoms with Gasteiger partial charge in [0.15, 0.2) is 23.9 Å². The number of carbonyl (C=O) groups is 2. The first-order valence-electron chi connectivity index (χ1n) is 8.80. The summed E-state index contributed by atoms with van der Waals surface area (Å²) in [5.74, 6) is -0.623. The third-order valence-corrected chi connectivity index (χ3v) is 4.11. The monoisotopic (exact) mass is 406 g/mol. The number of rotatable bonds is 7. The minimum absolute atomic E-state index is 0.122. The molecule has 3 aromatic rings. The van der Waals surface area contributed by atoms with E-state index in [9.17, 15) is 14.9 Å². The zero-order chi connectivity index (χ0) is 21.5. The minimum Gasteiger partial charge on any atom is -0.493 e. The molecule has 9 heteroatoms. The molecule has 9 nitrogen and oxygen atoms in total. The number of aromatic nitrogens is 2. The molecule has 152 valence electrons. The lowest BCUT2D eigenvalue weighted by Gasteiger charge is -2.12. The predicted molar refractivity (Wildman–Crippen MR) is 107 cm³/mol. The molecule has 0 aliphatic rings. The molecule has 1 amide bonds. The van der Waals surface area contributed by atoms with Gasteiger partial charge in [0.1, 0.15) is 17.2 Å². The van der Waals surface area contributed by atoms with E-state index in [-0.39, 0.29) is 22.7 Å². The van der Waals surface area contributed by atoms with Crippen molar-refractivity contribution >= 4 is 17.7 Å². The van der Waals surface area contributed by atoms with Gasteiger partial charge in [-0.05, 0) is 24.3 Å². The molecule has 3 rings (SSSR count). The van der Waals surface area contributed by atoms with E-state index in [1.54, 1.807) is 36.4 Å². The van der Waals surface area contributed by atoms with E-state index in [2.05, 4.69) is 10.4 Å². The average molecular weight is 406 g/mol. The van der Waals surface area contributed by atoms with Crippen LogP contribution in [0.5, 0.6) is 11.5 Å². The Hall–Kier alpha value is -4.32. The normalized spacial score (nSPS) is 10.0. The number of ether oxygens (including phenoxy) is 3. The van der Waals surface area contributed by atoms with E-state index in [1.807, 2.05) is 12.1 Å². The second-order valence-corrected chi connectivity index (χ2v) is 5.93. The molecule has 0 radical (unpaired) electrons. The van der Waals surface area contributed by atoms with E-state index < -0.39 is 18.5 Å². The fourth-order valence-corrected chi connectivity index (χ4v) is 2.74. The van der Waals surface area contributed by atoms with E-state index in [0.29, 0.717) is 11.4 Å². The molecule has 0 bridgehead atoms. The molecule has 0 fully saturated rings. The quantitative estimate of drug-likeness (QED) is 0.600. The van der Waals surface area contributed by atoms with Gasteiger partial charge < -0.3 is 19.5 Å². The number of nitrogens with one attached hydrogen (secondary N) is 1. The topological polar surface area (TPSA) is 115 Å². The van der Waals surface area contributed by atoms with Crippen molar-refractivity contribution < 1.29 is 23.8 Å². The Balaban J connectivity index is 1.73. The number of hydrogen-bond donors (Lipinski definition) is 1. The molecular weight excluding hydrogens is 388 g/mol. The molecule has 0 saturated carbocycles. The molecule has 1 N–H and O–H groups in total. The number of carbonyl (C=O) groups excluding carboxylic acids is 2. The van der Waals surface area contributed by atoms with Crippen molar-refractivity contribution in [2.24, 2.45) is 0 Å². The molecule has 0 saturated heterocycles. The smallest absolute Gasteiger partial charge is 0.342 e. The highest BCUT2D eigenvalue weighted by molar-refractivity contribution is 5.97. The van der Waals surface area contributed by atoms with Crippen LogP contribution in [-0.2, 0) is 9.53 Å². The molecule has 2 aromatic carbocycles. The number of esters is 1. The van der Waals surface area contributed by atoms with Gasteiger partial charge in [-0.25, -0.2) is 9.48 Å². The number of nitriles is 1. The fraction of sp³-hybridized carbons (Fsp3) is 0.143. The van der Waals surface area contributed by atoms with Gasteiger partial charge in [-0.3, -0.25) is 4.79 Å². The summed E-state index contributed by atoms with van der Waals surface area (Å²) >= 11 is 0. The van der Waals surface area contributed by atoms with Crippen LogP contribution in [0.3, 0.4) is 0 Å². The summed E-state index contributed by atoms with van der Waals surface area (Å²) in [5.41, 5.74) is 0.956. The molecule has 1 aromatic heterocycles. The fourth-order valence-electron chi connectivity index (χ4n) is 2.74. The maximum Gasteiger partial charge on any atom is 0.342 e. The summed E-state index contributed by atoms with van der Waals surface area (Å²) < 4.78 is 16.9. The molecule has 1 heterocycles. The molecule has 0 aliphatic carbocycles. The highest BCUT2D eigenvalue weighted by atomic mass is 16.5. The van der Waals surface area contributed by atoms with Gasteiger partial charge in [0.2, 0.25) is 0 Å². The summed E-state index contributed by atoms with van der Waals surface area (Å²) in [6, 6.07) is 15.7. The van der Waals surface area contributed by atoms with Crippen LogP contribution >= 0.6 is 0 Å². The predicted octanol–water partition coefficient (Wildman–Crippen LogP) is 2.56. The number of anilines is 1. The van der Waals surface area contributed by atoms with Crippen LogP contribution in [0.25, 0.3) is 5.69 Å². The summed E-state index contributed by atoms with van der Waals surface area (Å²) in [4.78, 5) is 24.8. The Bertz CT molecular complexity index is 1100. The second-order valence-electron chi connectivity index (χ2n) is 5.93. The lowest BCUT2D eigenvalue weighted by Crippen LogP contribution is -2.23. The number of hydrogen-bond acceptors (Lipinski definition) is 7. The van der Waals surface area contributed by atoms with Crippen molar-refractivity contribution in [1.82, 2.24) is 9.78 Å². The van der Waals surface area contributed by atoms with E-state index in [1.165, 1.54) is 31.2 Å². The Labute approximate surface area is 172 Å². The number of nitrogens with zero attached hydrogens (tertiary/aromatic N) is 3. The van der Waals surface area contributed by atoms with Crippen LogP contribution in [0.2, 0.25) is 0 Å². The van der Waals surface area contributed by atoms with Crippen LogP contribution < -0.4 is 14.8 Å². The van der Waals surface area contributed by atoms with Crippen molar-refractivity contribution in [3.8, 4) is 23.3 Å². The second kappa shape index (κ2) is 9.25. The van der Waals surface area contributed by atoms with Crippen LogP contribution in [0.4, 0.5) is 5.82 Å². The van der Waals surface area contributed by atoms with E-state index >= 15 is 0 Å². The molecule has 0 unspecified atom stereocenters. The lowest BCUT2D eigenvalue weighted by atomic mass is 10.2. The average Bonchev–Trinajstić information content (AvgIpc) is 3.19. The van der Waals surface area contributed by atoms with Gasteiger partial charge in [0.05, 0.1) is 26.1 Å². The molecule has 30 heavy (non-hydrogen) atoms. The Morgan fingerprint density at radius 3 is 2.53 bits per heavy atom. The first-order chi connectivity index (χ1) is 14.6. The molecule has 0 atom stereocenters. The third-order valence-electron chi connectivity index (χ3n) is 4.11. The summed E-state index contributed by atoms with van der Waals surface area (Å²) in [5, 5.41) is 16.0. The van der Waals surface area contributed by atoms with Gasteiger partial charge in [-0.1, -0.05) is 24.3 Å². The van der Waals surface area contributed by atoms with Crippen LogP contribution in [0.1, 0.15) is 15.9 Å². The van der Waals surface area contributed by atoms with Gasteiger partial charge in [0, 0.05) is 0 Å². The zero-order valence-electron chi connectivity index (χ0n) is 16.3. The SMILES string of the molecule is COc1cccc(C(=O)OCC(=O)Nc2c(C#N)cnn2-c2ccccc2)c1OC. The van der Waals surface area contributed by atoms with E-state index in [4.69, 9.17) is 14.2 Å². The number of benzene rings is 2. The first-order valence-corrected chi connectivity index (χ1v) is 8.80. The third kappa shape index (κ3) is 4.23. The zero-order valence-corrected chi connectivity index (χ0v) is 16.3. The number of amides is 1. The Morgan fingerprint density at radius 1 is 1.10 bits per heavy atom. The van der Waals surface area contributed by atoms with Crippen LogP contribution in [-0.4, -0.2) is 42.5 Å². The molecular formula is C21H18N4O5. The summed E-state index contributed by atoms with van der Waals surface area (Å²) in [7, 11) is 2.85. The molecule has 0 spiro atoms. The summed E-state index contributed by atoms with van der Waals surface area (Å²) in [6.07, 6.45) is 1.34. The van der Waals surface area contributed by atoms with E-state index in [0.717, 1.165) is 0 Å². The molecule has 0 aliphatic heterocycles. The maximum atomic E-state index is 12.4. The van der Waals surface area contributed by atoms with Crippen molar-refractivity contribution in [2.45, 2.75) is 0 Å². The van der Waals surface area contributed by atoms with Gasteiger partial charge >= 0.3 is 5.97 Å². The minimum atomic E-state index is -0.752. The van der Waals surface area contributed by atoms with Crippen LogP contribution in [0.15, 0.2) is 54.7 Å². The Morgan fingerprint density at radius 2 is 1.87 bits per heavy atom. The number of para-hydroxylation sites is 2. The van der Waals surface area contributed by atoms with Crippen molar-refractivity contribution in [1.29, 1.82) is 5.26 Å². The van der Waals surface area contributed by atoms with Crippen LogP contribution in [0, 0.1) is 11.3 Å². The first kappa shape index (κ1) is 20.4. The maximum absolute atomic E-state index is 12.4. The van der Waals surface area contributed by atoms with Crippen molar-refractivity contribution in [3.05, 3.63) is 65.9 Å². The van der Waals surface area contributed by atoms with Gasteiger partial charge in [-0.15, -0.1) is 0 Å². The van der Waals surface area contributed by atoms with Gasteiger partial charge in [0.25, 0.3) is 5.91 Å². The largest absolute Gasteiger partial charge is 0.493 e. The van der Waals surface area contributed by atoms with Gasteiger partial charge in [-0.2, -0.15) is 10.4 Å². The standard InChI is InChI=1S/C21H18N4O5/c1-28-17-10-6-9-16(19(17)29-2)21(27)30-13-18(26)24-20-14(11-22)12-23-25(20)15-7-4-3-5-8-15/h3-10,12H,13H2,1-2H3,(H,24,26). The van der Waals surface area contributed by atoms with Crippen molar-refractivity contribution in [3.63, 3.8) is 0 Å². The lowest BCUT2D eigenvalue weighted by molar-refractivity contribution is -0.119. The van der Waals surface area contributed by atoms with Crippen molar-refractivity contribution in [2.75, 3.05) is 26.1 Å². The highest BCUT2D eigenvalue weighted by Gasteiger charge is 2.20. The number of methoxy groups -OCH3 is 2. The highest BCUT2D eigenvalue weighted by Crippen LogP contribution is 2.31. The summed E-state index contributed by atoms with van der Waals surface area (Å²) in [6.45, 7) is -0.565. The Kier molecular flexibility index (Phi) is 6.29.